The van der Waals surface area contributed by atoms with Gasteiger partial charge in [0.2, 0.25) is 0 Å². The molecule has 3 nitrogen and oxygen atoms in total. The lowest BCUT2D eigenvalue weighted by Gasteiger charge is -2.27. The molecule has 27 heavy (non-hydrogen) atoms. The molecule has 1 aliphatic rings. The Hall–Kier alpha value is -0.380. The second-order valence-electron chi connectivity index (χ2n) is 8.38. The van der Waals surface area contributed by atoms with Gasteiger partial charge < -0.3 is 16.0 Å². The molecule has 0 saturated carbocycles. The van der Waals surface area contributed by atoms with Gasteiger partial charge in [-0.1, -0.05) is 76.4 Å². The smallest absolute Gasteiger partial charge is 0.0107 e. The van der Waals surface area contributed by atoms with E-state index < -0.39 is 0 Å². The first kappa shape index (κ1) is 24.7. The van der Waals surface area contributed by atoms with Gasteiger partial charge in [-0.3, -0.25) is 0 Å². The number of hydrogen-bond acceptors (Lipinski definition) is 3. The largest absolute Gasteiger partial charge is 0.330 e. The molecule has 1 heterocycles. The molecule has 160 valence electrons. The quantitative estimate of drug-likeness (QED) is 0.225. The van der Waals surface area contributed by atoms with E-state index in [9.17, 15) is 0 Å². The Bertz CT molecular complexity index is 311. The molecule has 0 radical (unpaired) electrons. The summed E-state index contributed by atoms with van der Waals surface area (Å²) in [5, 5.41) is 3.43. The van der Waals surface area contributed by atoms with Crippen LogP contribution >= 0.6 is 0 Å². The van der Waals surface area contributed by atoms with Crippen LogP contribution in [-0.2, 0) is 0 Å². The molecule has 0 aromatic rings. The van der Waals surface area contributed by atoms with Crippen LogP contribution in [0, 0.1) is 0 Å². The normalized spacial score (nSPS) is 15.7. The monoisotopic (exact) mass is 379 g/mol. The van der Waals surface area contributed by atoms with Gasteiger partial charge in [0.1, 0.15) is 0 Å². The van der Waals surface area contributed by atoms with E-state index >= 15 is 0 Å². The Balaban J connectivity index is 1.69. The Morgan fingerprint density at radius 2 is 1.04 bits per heavy atom. The maximum absolute atomic E-state index is 5.51. The first-order valence-corrected chi connectivity index (χ1v) is 12.2. The Labute approximate surface area is 170 Å². The number of unbranched alkanes of at least 4 members (excludes halogenated alkanes) is 14. The predicted molar refractivity (Wildman–Crippen MR) is 121 cm³/mol. The molecule has 1 fully saturated rings. The summed E-state index contributed by atoms with van der Waals surface area (Å²) >= 11 is 0. The number of nitrogens with one attached hydrogen (secondary N) is 1. The lowest BCUT2D eigenvalue weighted by atomic mass is 10.1. The molecule has 0 aromatic carbocycles. The molecule has 0 atom stereocenters. The van der Waals surface area contributed by atoms with E-state index in [1.54, 1.807) is 0 Å². The van der Waals surface area contributed by atoms with Crippen molar-refractivity contribution in [3.05, 3.63) is 12.2 Å². The summed E-state index contributed by atoms with van der Waals surface area (Å²) in [4.78, 5) is 2.62. The molecule has 1 aliphatic heterocycles. The summed E-state index contributed by atoms with van der Waals surface area (Å²) in [5.74, 6) is 0. The molecule has 0 spiro atoms. The van der Waals surface area contributed by atoms with Crippen molar-refractivity contribution in [2.45, 2.75) is 103 Å². The van der Waals surface area contributed by atoms with E-state index in [1.165, 1.54) is 135 Å². The molecule has 1 rings (SSSR count). The van der Waals surface area contributed by atoms with Gasteiger partial charge in [0.25, 0.3) is 0 Å². The molecule has 3 N–H and O–H groups in total. The molecular weight excluding hydrogens is 330 g/mol. The summed E-state index contributed by atoms with van der Waals surface area (Å²) < 4.78 is 0. The van der Waals surface area contributed by atoms with E-state index in [0.29, 0.717) is 0 Å². The van der Waals surface area contributed by atoms with Gasteiger partial charge in [0.05, 0.1) is 0 Å². The molecule has 0 bridgehead atoms. The minimum atomic E-state index is 0.861. The van der Waals surface area contributed by atoms with Crippen molar-refractivity contribution in [1.82, 2.24) is 10.2 Å². The minimum Gasteiger partial charge on any atom is -0.330 e. The Kier molecular flexibility index (Phi) is 18.6. The highest BCUT2D eigenvalue weighted by molar-refractivity contribution is 4.81. The van der Waals surface area contributed by atoms with Gasteiger partial charge in [-0.05, 0) is 51.6 Å². The van der Waals surface area contributed by atoms with Crippen LogP contribution < -0.4 is 11.1 Å². The van der Waals surface area contributed by atoms with E-state index in [0.717, 1.165) is 6.54 Å². The fraction of sp³-hybridized carbons (Fsp3) is 0.917. The molecule has 3 heteroatoms. The third-order valence-electron chi connectivity index (χ3n) is 5.80. The topological polar surface area (TPSA) is 41.3 Å². The van der Waals surface area contributed by atoms with Crippen LogP contribution in [0.25, 0.3) is 0 Å². The van der Waals surface area contributed by atoms with Crippen molar-refractivity contribution < 1.29 is 0 Å². The van der Waals surface area contributed by atoms with Gasteiger partial charge in [0.15, 0.2) is 0 Å². The summed E-state index contributed by atoms with van der Waals surface area (Å²) in [5.41, 5.74) is 5.51. The number of piperazine rings is 1. The Morgan fingerprint density at radius 1 is 0.593 bits per heavy atom. The first-order valence-electron chi connectivity index (χ1n) is 12.2. The first-order chi connectivity index (χ1) is 13.4. The number of nitrogens with zero attached hydrogens (tertiary/aromatic N) is 1. The maximum atomic E-state index is 5.51. The SMILES string of the molecule is NCCCCCCCCC=CCCCCCCCCCCN1CCNCC1. The third kappa shape index (κ3) is 17.5. The summed E-state index contributed by atoms with van der Waals surface area (Å²) in [6.07, 6.45) is 26.9. The van der Waals surface area contributed by atoms with Crippen LogP contribution in [0.1, 0.15) is 103 Å². The van der Waals surface area contributed by atoms with E-state index in [-0.39, 0.29) is 0 Å². The zero-order valence-corrected chi connectivity index (χ0v) is 18.2. The zero-order chi connectivity index (χ0) is 19.3. The van der Waals surface area contributed by atoms with Crippen LogP contribution in [0.3, 0.4) is 0 Å². The van der Waals surface area contributed by atoms with Crippen LogP contribution in [0.2, 0.25) is 0 Å². The van der Waals surface area contributed by atoms with Gasteiger partial charge in [-0.2, -0.15) is 0 Å². The highest BCUT2D eigenvalue weighted by Gasteiger charge is 2.07. The predicted octanol–water partition coefficient (Wildman–Crippen LogP) is 5.65. The van der Waals surface area contributed by atoms with Crippen LogP contribution in [0.15, 0.2) is 12.2 Å². The van der Waals surface area contributed by atoms with Crippen molar-refractivity contribution in [3.63, 3.8) is 0 Å². The molecule has 0 unspecified atom stereocenters. The second-order valence-corrected chi connectivity index (χ2v) is 8.38. The van der Waals surface area contributed by atoms with Crippen molar-refractivity contribution in [2.24, 2.45) is 5.73 Å². The summed E-state index contributed by atoms with van der Waals surface area (Å²) in [6.45, 7) is 7.06. The molecule has 0 amide bonds. The summed E-state index contributed by atoms with van der Waals surface area (Å²) in [7, 11) is 0. The van der Waals surface area contributed by atoms with Crippen LogP contribution in [-0.4, -0.2) is 44.2 Å². The van der Waals surface area contributed by atoms with Crippen molar-refractivity contribution >= 4 is 0 Å². The molecular formula is C24H49N3. The molecule has 1 saturated heterocycles. The number of nitrogens with two attached hydrogens (primary N) is 1. The minimum absolute atomic E-state index is 0.861. The van der Waals surface area contributed by atoms with Gasteiger partial charge in [-0.25, -0.2) is 0 Å². The fourth-order valence-corrected chi connectivity index (χ4v) is 3.94. The van der Waals surface area contributed by atoms with E-state index in [4.69, 9.17) is 5.73 Å². The average molecular weight is 380 g/mol. The van der Waals surface area contributed by atoms with E-state index in [1.807, 2.05) is 0 Å². The van der Waals surface area contributed by atoms with Crippen molar-refractivity contribution in [3.8, 4) is 0 Å². The second kappa shape index (κ2) is 20.4. The van der Waals surface area contributed by atoms with Crippen molar-refractivity contribution in [2.75, 3.05) is 39.3 Å². The summed E-state index contributed by atoms with van der Waals surface area (Å²) in [6, 6.07) is 0. The number of hydrogen-bond donors (Lipinski definition) is 2. The molecule has 0 aliphatic carbocycles. The van der Waals surface area contributed by atoms with Gasteiger partial charge in [-0.15, -0.1) is 0 Å². The van der Waals surface area contributed by atoms with Gasteiger partial charge in [0, 0.05) is 26.2 Å². The third-order valence-corrected chi connectivity index (χ3v) is 5.80. The lowest BCUT2D eigenvalue weighted by molar-refractivity contribution is 0.236. The average Bonchev–Trinajstić information content (AvgIpc) is 2.70. The van der Waals surface area contributed by atoms with Gasteiger partial charge >= 0.3 is 0 Å². The number of allylic oxidation sites excluding steroid dienone is 2. The zero-order valence-electron chi connectivity index (χ0n) is 18.2. The van der Waals surface area contributed by atoms with E-state index in [2.05, 4.69) is 22.4 Å². The van der Waals surface area contributed by atoms with Crippen molar-refractivity contribution in [1.29, 1.82) is 0 Å². The fourth-order valence-electron chi connectivity index (χ4n) is 3.94. The number of rotatable bonds is 19. The van der Waals surface area contributed by atoms with Crippen LogP contribution in [0.4, 0.5) is 0 Å². The molecule has 0 aromatic heterocycles. The lowest BCUT2D eigenvalue weighted by Crippen LogP contribution is -2.43. The highest BCUT2D eigenvalue weighted by Crippen LogP contribution is 2.11. The Morgan fingerprint density at radius 3 is 1.56 bits per heavy atom. The standard InChI is InChI=1S/C24H49N3/c25-19-17-15-13-11-9-7-5-3-1-2-4-6-8-10-12-14-16-18-22-27-23-20-26-21-24-27/h1,3,26H,2,4-25H2. The highest BCUT2D eigenvalue weighted by atomic mass is 15.2. The van der Waals surface area contributed by atoms with Crippen LogP contribution in [0.5, 0.6) is 0 Å². The maximum Gasteiger partial charge on any atom is 0.0107 e.